The molecular weight excluding hydrogens is 494 g/mol. The summed E-state index contributed by atoms with van der Waals surface area (Å²) in [6, 6.07) is 13.8. The molecule has 3 fully saturated rings. The highest BCUT2D eigenvalue weighted by Gasteiger charge is 2.34. The topological polar surface area (TPSA) is 82.5 Å². The van der Waals surface area contributed by atoms with Gasteiger partial charge in [0.2, 0.25) is 0 Å². The van der Waals surface area contributed by atoms with Crippen molar-refractivity contribution >= 4 is 17.6 Å². The zero-order valence-electron chi connectivity index (χ0n) is 23.2. The van der Waals surface area contributed by atoms with Gasteiger partial charge in [-0.05, 0) is 80.3 Å². The third-order valence-electron chi connectivity index (χ3n) is 8.54. The fourth-order valence-corrected chi connectivity index (χ4v) is 5.89. The largest absolute Gasteiger partial charge is 0.497 e. The van der Waals surface area contributed by atoms with Gasteiger partial charge in [-0.25, -0.2) is 0 Å². The minimum atomic E-state index is -0.741. The van der Waals surface area contributed by atoms with Crippen LogP contribution >= 0.6 is 0 Å². The predicted octanol–water partition coefficient (Wildman–Crippen LogP) is 4.35. The Bertz CT molecular complexity index is 1150. The molecule has 1 N–H and O–H groups in total. The number of hydrogen-bond acceptors (Lipinski definition) is 6. The number of aliphatic carboxylic acids is 1. The first-order valence-electron chi connectivity index (χ1n) is 14.3. The average Bonchev–Trinajstić information content (AvgIpc) is 3.80. The molecule has 39 heavy (non-hydrogen) atoms. The summed E-state index contributed by atoms with van der Waals surface area (Å²) >= 11 is 0. The molecule has 1 unspecified atom stereocenters. The second-order valence-electron chi connectivity index (χ2n) is 11.3. The first-order valence-corrected chi connectivity index (χ1v) is 14.3. The number of rotatable bonds is 10. The van der Waals surface area contributed by atoms with E-state index in [2.05, 4.69) is 16.8 Å². The van der Waals surface area contributed by atoms with Crippen molar-refractivity contribution in [2.75, 3.05) is 64.9 Å². The number of nitrogens with zero attached hydrogens (tertiary/aromatic N) is 3. The number of benzene rings is 2. The second-order valence-corrected chi connectivity index (χ2v) is 11.3. The van der Waals surface area contributed by atoms with E-state index in [1.165, 1.54) is 0 Å². The van der Waals surface area contributed by atoms with Gasteiger partial charge in [0, 0.05) is 45.3 Å². The molecule has 0 radical (unpaired) electrons. The molecule has 3 aliphatic rings. The van der Waals surface area contributed by atoms with Crippen LogP contribution in [0.5, 0.6) is 11.5 Å². The summed E-state index contributed by atoms with van der Waals surface area (Å²) in [5.41, 5.74) is 2.77. The number of anilines is 1. The summed E-state index contributed by atoms with van der Waals surface area (Å²) in [5, 5.41) is 9.36. The van der Waals surface area contributed by atoms with E-state index in [1.54, 1.807) is 7.11 Å². The highest BCUT2D eigenvalue weighted by molar-refractivity contribution is 6.00. The van der Waals surface area contributed by atoms with Crippen molar-refractivity contribution in [2.24, 2.45) is 11.8 Å². The lowest BCUT2D eigenvalue weighted by Gasteiger charge is -2.36. The van der Waals surface area contributed by atoms with Crippen molar-refractivity contribution in [1.82, 2.24) is 9.80 Å². The smallest absolute Gasteiger partial charge is 0.303 e. The Kier molecular flexibility index (Phi) is 8.60. The number of carbonyl (C=O) groups is 2. The first-order chi connectivity index (χ1) is 18.9. The Morgan fingerprint density at radius 1 is 0.949 bits per heavy atom. The van der Waals surface area contributed by atoms with Crippen molar-refractivity contribution in [1.29, 1.82) is 0 Å². The van der Waals surface area contributed by atoms with Gasteiger partial charge in [0.25, 0.3) is 5.91 Å². The van der Waals surface area contributed by atoms with E-state index in [0.29, 0.717) is 18.4 Å². The zero-order valence-corrected chi connectivity index (χ0v) is 23.2. The summed E-state index contributed by atoms with van der Waals surface area (Å²) in [5.74, 6) is 1.90. The van der Waals surface area contributed by atoms with E-state index < -0.39 is 5.97 Å². The summed E-state index contributed by atoms with van der Waals surface area (Å²) in [6.07, 6.45) is 4.34. The number of carboxylic acid groups (broad SMARTS) is 1. The zero-order chi connectivity index (χ0) is 27.4. The van der Waals surface area contributed by atoms with Gasteiger partial charge in [-0.2, -0.15) is 0 Å². The van der Waals surface area contributed by atoms with Crippen LogP contribution < -0.4 is 14.4 Å². The van der Waals surface area contributed by atoms with Crippen LogP contribution in [0.15, 0.2) is 42.5 Å². The molecule has 5 rings (SSSR count). The summed E-state index contributed by atoms with van der Waals surface area (Å²) in [4.78, 5) is 31.4. The molecule has 1 aliphatic carbocycles. The summed E-state index contributed by atoms with van der Waals surface area (Å²) < 4.78 is 11.7. The van der Waals surface area contributed by atoms with Crippen molar-refractivity contribution in [3.63, 3.8) is 0 Å². The van der Waals surface area contributed by atoms with E-state index in [0.717, 1.165) is 93.3 Å². The van der Waals surface area contributed by atoms with E-state index in [1.807, 2.05) is 47.4 Å². The maximum Gasteiger partial charge on any atom is 0.303 e. The Balaban J connectivity index is 1.19. The molecule has 2 saturated heterocycles. The summed E-state index contributed by atoms with van der Waals surface area (Å²) in [6.45, 7) is 5.63. The Morgan fingerprint density at radius 2 is 1.69 bits per heavy atom. The van der Waals surface area contributed by atoms with Crippen LogP contribution in [0.1, 0.15) is 53.9 Å². The number of carbonyl (C=O) groups excluding carboxylic acids is 1. The number of methoxy groups -OCH3 is 1. The highest BCUT2D eigenvalue weighted by atomic mass is 16.5. The van der Waals surface area contributed by atoms with Crippen LogP contribution in [-0.2, 0) is 4.79 Å². The fraction of sp³-hybridized carbons (Fsp3) is 0.548. The van der Waals surface area contributed by atoms with Gasteiger partial charge in [-0.15, -0.1) is 0 Å². The van der Waals surface area contributed by atoms with Gasteiger partial charge in [0.1, 0.15) is 11.5 Å². The first kappa shape index (κ1) is 27.3. The lowest BCUT2D eigenvalue weighted by Crippen LogP contribution is -2.47. The molecule has 2 aromatic rings. The van der Waals surface area contributed by atoms with Gasteiger partial charge in [-0.1, -0.05) is 12.1 Å². The SMILES string of the molecule is COc1ccc(C(=O)N2CCN(C)CC2)c(N2CCC(COc3cccc(C(CC(=O)O)C4CC4)c3)CC2)c1. The third-order valence-corrected chi connectivity index (χ3v) is 8.54. The maximum atomic E-state index is 13.5. The van der Waals surface area contributed by atoms with Gasteiger partial charge in [0.05, 0.1) is 31.4 Å². The number of amides is 1. The Labute approximate surface area is 231 Å². The van der Waals surface area contributed by atoms with Gasteiger partial charge in [0.15, 0.2) is 0 Å². The maximum absolute atomic E-state index is 13.5. The van der Waals surface area contributed by atoms with Crippen molar-refractivity contribution in [3.05, 3.63) is 53.6 Å². The number of ether oxygens (including phenoxy) is 2. The van der Waals surface area contributed by atoms with Gasteiger partial charge in [-0.3, -0.25) is 9.59 Å². The van der Waals surface area contributed by atoms with E-state index in [-0.39, 0.29) is 18.2 Å². The average molecular weight is 536 g/mol. The molecule has 8 nitrogen and oxygen atoms in total. The number of piperidine rings is 1. The molecular formula is C31H41N3O5. The molecule has 0 aromatic heterocycles. The third kappa shape index (κ3) is 6.85. The van der Waals surface area contributed by atoms with Crippen molar-refractivity contribution in [2.45, 2.75) is 38.0 Å². The normalized spacial score (nSPS) is 19.5. The van der Waals surface area contributed by atoms with Crippen molar-refractivity contribution < 1.29 is 24.2 Å². The van der Waals surface area contributed by atoms with Crippen LogP contribution in [0.4, 0.5) is 5.69 Å². The molecule has 1 amide bonds. The molecule has 1 saturated carbocycles. The van der Waals surface area contributed by atoms with Crippen LogP contribution in [0.2, 0.25) is 0 Å². The van der Waals surface area contributed by atoms with Gasteiger partial charge >= 0.3 is 5.97 Å². The van der Waals surface area contributed by atoms with Crippen molar-refractivity contribution in [3.8, 4) is 11.5 Å². The van der Waals surface area contributed by atoms with E-state index in [4.69, 9.17) is 9.47 Å². The number of likely N-dealkylation sites (N-methyl/N-ethyl adjacent to an activating group) is 1. The second kappa shape index (κ2) is 12.3. The number of hydrogen-bond donors (Lipinski definition) is 1. The molecule has 2 aromatic carbocycles. The van der Waals surface area contributed by atoms with Gasteiger partial charge < -0.3 is 29.3 Å². The lowest BCUT2D eigenvalue weighted by molar-refractivity contribution is -0.137. The van der Waals surface area contributed by atoms with Crippen LogP contribution in [0.3, 0.4) is 0 Å². The molecule has 210 valence electrons. The van der Waals surface area contributed by atoms with Crippen LogP contribution in [0.25, 0.3) is 0 Å². The highest BCUT2D eigenvalue weighted by Crippen LogP contribution is 2.45. The number of carboxylic acids is 1. The lowest BCUT2D eigenvalue weighted by atomic mass is 9.91. The Morgan fingerprint density at radius 3 is 2.36 bits per heavy atom. The number of piperazine rings is 1. The molecule has 1 atom stereocenters. The molecule has 8 heteroatoms. The summed E-state index contributed by atoms with van der Waals surface area (Å²) in [7, 11) is 3.75. The molecule has 0 bridgehead atoms. The molecule has 2 aliphatic heterocycles. The molecule has 0 spiro atoms. The van der Waals surface area contributed by atoms with E-state index >= 15 is 0 Å². The standard InChI is InChI=1S/C31H41N3O5/c1-32-14-16-34(17-15-32)31(37)27-9-8-25(38-2)19-29(27)33-12-10-22(11-13-33)21-39-26-5-3-4-24(18-26)28(20-30(35)36)23-6-7-23/h3-5,8-9,18-19,22-23,28H,6-7,10-17,20-21H2,1-2H3,(H,35,36). The van der Waals surface area contributed by atoms with Crippen LogP contribution in [-0.4, -0.2) is 86.8 Å². The minimum absolute atomic E-state index is 0.0694. The fourth-order valence-electron chi connectivity index (χ4n) is 5.89. The quantitative estimate of drug-likeness (QED) is 0.485. The monoisotopic (exact) mass is 535 g/mol. The van der Waals surface area contributed by atoms with Crippen LogP contribution in [0, 0.1) is 11.8 Å². The molecule has 2 heterocycles. The van der Waals surface area contributed by atoms with E-state index in [9.17, 15) is 14.7 Å². The Hall–Kier alpha value is -3.26. The predicted molar refractivity (Wildman–Crippen MR) is 151 cm³/mol. The minimum Gasteiger partial charge on any atom is -0.497 e.